The number of carbonyl (C=O) groups excluding carboxylic acids is 1. The van der Waals surface area contributed by atoms with Crippen LogP contribution in [0.15, 0.2) is 23.1 Å². The van der Waals surface area contributed by atoms with E-state index in [9.17, 15) is 18.0 Å². The summed E-state index contributed by atoms with van der Waals surface area (Å²) < 4.78 is 27.1. The van der Waals surface area contributed by atoms with Crippen LogP contribution in [0.1, 0.15) is 37.8 Å². The molecule has 1 aromatic carbocycles. The van der Waals surface area contributed by atoms with Crippen LogP contribution < -0.4 is 5.32 Å². The number of nitrogens with zero attached hydrogens (tertiary/aromatic N) is 1. The lowest BCUT2D eigenvalue weighted by molar-refractivity contribution is -0.142. The van der Waals surface area contributed by atoms with E-state index in [1.807, 2.05) is 13.8 Å². The van der Waals surface area contributed by atoms with Crippen molar-refractivity contribution in [3.8, 4) is 0 Å². The van der Waals surface area contributed by atoms with Crippen molar-refractivity contribution in [3.05, 3.63) is 29.3 Å². The first-order chi connectivity index (χ1) is 12.5. The minimum atomic E-state index is -3.57. The van der Waals surface area contributed by atoms with Crippen molar-refractivity contribution >= 4 is 21.9 Å². The van der Waals surface area contributed by atoms with E-state index < -0.39 is 28.0 Å². The quantitative estimate of drug-likeness (QED) is 0.765. The van der Waals surface area contributed by atoms with E-state index in [4.69, 9.17) is 5.11 Å². The third-order valence-electron chi connectivity index (χ3n) is 5.45. The number of piperidine rings is 1. The maximum atomic E-state index is 12.8. The van der Waals surface area contributed by atoms with Crippen LogP contribution in [0.5, 0.6) is 0 Å². The van der Waals surface area contributed by atoms with Crippen LogP contribution in [0.2, 0.25) is 0 Å². The zero-order valence-corrected chi connectivity index (χ0v) is 17.0. The molecule has 0 aliphatic carbocycles. The summed E-state index contributed by atoms with van der Waals surface area (Å²) in [6, 6.07) is 4.62. The molecule has 1 aromatic rings. The third-order valence-corrected chi connectivity index (χ3v) is 7.34. The second-order valence-electron chi connectivity index (χ2n) is 7.35. The van der Waals surface area contributed by atoms with Crippen LogP contribution in [0.3, 0.4) is 0 Å². The van der Waals surface area contributed by atoms with Gasteiger partial charge in [0.05, 0.1) is 10.8 Å². The number of hydrogen-bond donors (Lipinski definition) is 2. The Kier molecular flexibility index (Phi) is 6.64. The number of rotatable bonds is 6. The molecule has 0 radical (unpaired) electrons. The average molecular weight is 397 g/mol. The Morgan fingerprint density at radius 3 is 2.26 bits per heavy atom. The van der Waals surface area contributed by atoms with E-state index in [-0.39, 0.29) is 29.8 Å². The standard InChI is InChI=1S/C19H28N2O5S/c1-12-5-6-17(11-13(12)2)27(25,26)21-9-7-16(8-10-21)18(22)20-15(4)14(3)19(23)24/h5-6,11,14-16H,7-10H2,1-4H3,(H,20,22)(H,23,24). The third kappa shape index (κ3) is 4.87. The van der Waals surface area contributed by atoms with Crippen LogP contribution in [0, 0.1) is 25.7 Å². The Bertz CT molecular complexity index is 813. The van der Waals surface area contributed by atoms with Gasteiger partial charge in [-0.05, 0) is 63.8 Å². The molecule has 150 valence electrons. The highest BCUT2D eigenvalue weighted by Crippen LogP contribution is 2.25. The van der Waals surface area contributed by atoms with Gasteiger partial charge in [-0.1, -0.05) is 6.07 Å². The molecule has 0 aromatic heterocycles. The molecule has 1 aliphatic rings. The van der Waals surface area contributed by atoms with Gasteiger partial charge in [0.25, 0.3) is 0 Å². The highest BCUT2D eigenvalue weighted by atomic mass is 32.2. The summed E-state index contributed by atoms with van der Waals surface area (Å²) in [6.45, 7) is 7.57. The van der Waals surface area contributed by atoms with Crippen molar-refractivity contribution in [2.24, 2.45) is 11.8 Å². The molecule has 1 fully saturated rings. The molecular weight excluding hydrogens is 368 g/mol. The fraction of sp³-hybridized carbons (Fsp3) is 0.579. The Labute approximate surface area is 160 Å². The molecule has 1 heterocycles. The summed E-state index contributed by atoms with van der Waals surface area (Å²) >= 11 is 0. The first-order valence-electron chi connectivity index (χ1n) is 9.14. The van der Waals surface area contributed by atoms with Crippen LogP contribution in [0.25, 0.3) is 0 Å². The van der Waals surface area contributed by atoms with Gasteiger partial charge in [-0.15, -0.1) is 0 Å². The number of sulfonamides is 1. The summed E-state index contributed by atoms with van der Waals surface area (Å²) in [5.41, 5.74) is 1.96. The minimum Gasteiger partial charge on any atom is -0.481 e. The fourth-order valence-corrected chi connectivity index (χ4v) is 4.62. The monoisotopic (exact) mass is 396 g/mol. The summed E-state index contributed by atoms with van der Waals surface area (Å²) in [5.74, 6) is -2.16. The van der Waals surface area contributed by atoms with Gasteiger partial charge in [-0.3, -0.25) is 9.59 Å². The van der Waals surface area contributed by atoms with E-state index in [1.54, 1.807) is 32.0 Å². The van der Waals surface area contributed by atoms with Crippen LogP contribution in [0.4, 0.5) is 0 Å². The van der Waals surface area contributed by atoms with E-state index in [0.29, 0.717) is 12.8 Å². The van der Waals surface area contributed by atoms with Crippen molar-refractivity contribution in [3.63, 3.8) is 0 Å². The average Bonchev–Trinajstić information content (AvgIpc) is 2.63. The highest BCUT2D eigenvalue weighted by molar-refractivity contribution is 7.89. The molecule has 1 saturated heterocycles. The number of aryl methyl sites for hydroxylation is 2. The zero-order valence-electron chi connectivity index (χ0n) is 16.2. The predicted molar refractivity (Wildman–Crippen MR) is 102 cm³/mol. The van der Waals surface area contributed by atoms with Crippen LogP contribution in [-0.4, -0.2) is 48.8 Å². The lowest BCUT2D eigenvalue weighted by Gasteiger charge is -2.31. The number of aliphatic carboxylic acids is 1. The molecule has 1 aliphatic heterocycles. The van der Waals surface area contributed by atoms with E-state index in [0.717, 1.165) is 11.1 Å². The molecule has 0 saturated carbocycles. The smallest absolute Gasteiger partial charge is 0.308 e. The largest absolute Gasteiger partial charge is 0.481 e. The van der Waals surface area contributed by atoms with Crippen molar-refractivity contribution in [2.75, 3.05) is 13.1 Å². The molecule has 2 atom stereocenters. The van der Waals surface area contributed by atoms with Gasteiger partial charge >= 0.3 is 5.97 Å². The number of carboxylic acids is 1. The lowest BCUT2D eigenvalue weighted by Crippen LogP contribution is -2.47. The molecule has 27 heavy (non-hydrogen) atoms. The van der Waals surface area contributed by atoms with Crippen LogP contribution >= 0.6 is 0 Å². The van der Waals surface area contributed by atoms with Crippen molar-refractivity contribution in [1.82, 2.24) is 9.62 Å². The van der Waals surface area contributed by atoms with E-state index >= 15 is 0 Å². The van der Waals surface area contributed by atoms with Crippen LogP contribution in [-0.2, 0) is 19.6 Å². The molecule has 2 N–H and O–H groups in total. The molecule has 0 bridgehead atoms. The maximum absolute atomic E-state index is 12.8. The topological polar surface area (TPSA) is 104 Å². The number of carboxylic acid groups (broad SMARTS) is 1. The van der Waals surface area contributed by atoms with Crippen molar-refractivity contribution < 1.29 is 23.1 Å². The van der Waals surface area contributed by atoms with Gasteiger partial charge in [-0.2, -0.15) is 4.31 Å². The second-order valence-corrected chi connectivity index (χ2v) is 9.29. The first kappa shape index (κ1) is 21.4. The molecule has 2 rings (SSSR count). The lowest BCUT2D eigenvalue weighted by atomic mass is 9.95. The predicted octanol–water partition coefficient (Wildman–Crippen LogP) is 1.93. The maximum Gasteiger partial charge on any atom is 0.308 e. The second kappa shape index (κ2) is 8.39. The molecule has 1 amide bonds. The summed E-state index contributed by atoms with van der Waals surface area (Å²) in [4.78, 5) is 23.7. The fourth-order valence-electron chi connectivity index (χ4n) is 3.06. The Balaban J connectivity index is 1.99. The molecule has 8 heteroatoms. The summed E-state index contributed by atoms with van der Waals surface area (Å²) in [5, 5.41) is 11.8. The minimum absolute atomic E-state index is 0.209. The summed E-state index contributed by atoms with van der Waals surface area (Å²) in [6.07, 6.45) is 0.841. The van der Waals surface area contributed by atoms with E-state index in [1.165, 1.54) is 4.31 Å². The number of amides is 1. The normalized spacial score (nSPS) is 18.7. The molecule has 7 nitrogen and oxygen atoms in total. The Morgan fingerprint density at radius 2 is 1.74 bits per heavy atom. The highest BCUT2D eigenvalue weighted by Gasteiger charge is 2.33. The van der Waals surface area contributed by atoms with Crippen molar-refractivity contribution in [2.45, 2.75) is 51.5 Å². The Hall–Kier alpha value is -1.93. The van der Waals surface area contributed by atoms with E-state index in [2.05, 4.69) is 5.32 Å². The number of hydrogen-bond acceptors (Lipinski definition) is 4. The van der Waals surface area contributed by atoms with Gasteiger partial charge in [0.2, 0.25) is 15.9 Å². The van der Waals surface area contributed by atoms with Gasteiger partial charge < -0.3 is 10.4 Å². The number of carbonyl (C=O) groups is 2. The summed E-state index contributed by atoms with van der Waals surface area (Å²) in [7, 11) is -3.57. The molecular formula is C19H28N2O5S. The van der Waals surface area contributed by atoms with Crippen molar-refractivity contribution in [1.29, 1.82) is 0 Å². The number of benzene rings is 1. The SMILES string of the molecule is Cc1ccc(S(=O)(=O)N2CCC(C(=O)NC(C)C(C)C(=O)O)CC2)cc1C. The Morgan fingerprint density at radius 1 is 1.15 bits per heavy atom. The molecule has 2 unspecified atom stereocenters. The zero-order chi connectivity index (χ0) is 20.4. The van der Waals surface area contributed by atoms with Gasteiger partial charge in [0, 0.05) is 25.0 Å². The van der Waals surface area contributed by atoms with Gasteiger partial charge in [0.1, 0.15) is 0 Å². The van der Waals surface area contributed by atoms with Gasteiger partial charge in [0.15, 0.2) is 0 Å². The first-order valence-corrected chi connectivity index (χ1v) is 10.6. The number of nitrogens with one attached hydrogen (secondary N) is 1. The molecule has 0 spiro atoms. The van der Waals surface area contributed by atoms with Gasteiger partial charge in [-0.25, -0.2) is 8.42 Å².